The van der Waals surface area contributed by atoms with Gasteiger partial charge in [-0.1, -0.05) is 25.5 Å². The number of amides is 1. The summed E-state index contributed by atoms with van der Waals surface area (Å²) >= 11 is 0. The first-order chi connectivity index (χ1) is 16.9. The first kappa shape index (κ1) is 24.8. The molecular formula is C28H33NO6. The Hall–Kier alpha value is -3.32. The second-order valence-corrected chi connectivity index (χ2v) is 8.86. The number of hydrogen-bond donors (Lipinski definition) is 0. The number of unbranched alkanes of at least 4 members (excludes halogenated alkanes) is 1. The van der Waals surface area contributed by atoms with Crippen LogP contribution in [0.25, 0.3) is 11.0 Å². The molecule has 7 heteroatoms. The van der Waals surface area contributed by atoms with Gasteiger partial charge < -0.3 is 23.5 Å². The summed E-state index contributed by atoms with van der Waals surface area (Å²) in [4.78, 5) is 29.0. The van der Waals surface area contributed by atoms with Gasteiger partial charge in [-0.3, -0.25) is 9.59 Å². The van der Waals surface area contributed by atoms with Gasteiger partial charge in [0.2, 0.25) is 5.76 Å². The molecule has 186 valence electrons. The maximum Gasteiger partial charge on any atom is 0.290 e. The molecule has 1 aromatic heterocycles. The predicted molar refractivity (Wildman–Crippen MR) is 135 cm³/mol. The van der Waals surface area contributed by atoms with E-state index in [9.17, 15) is 9.59 Å². The third kappa shape index (κ3) is 4.65. The molecule has 0 fully saturated rings. The molecule has 0 saturated heterocycles. The number of hydrogen-bond acceptors (Lipinski definition) is 6. The van der Waals surface area contributed by atoms with Gasteiger partial charge >= 0.3 is 0 Å². The zero-order chi connectivity index (χ0) is 25.1. The van der Waals surface area contributed by atoms with Crippen LogP contribution >= 0.6 is 0 Å². The Labute approximate surface area is 205 Å². The number of carbonyl (C=O) groups excluding carboxylic acids is 1. The van der Waals surface area contributed by atoms with Crippen molar-refractivity contribution in [1.29, 1.82) is 0 Å². The molecule has 35 heavy (non-hydrogen) atoms. The van der Waals surface area contributed by atoms with E-state index in [0.717, 1.165) is 29.5 Å². The lowest BCUT2D eigenvalue weighted by atomic mass is 9.96. The van der Waals surface area contributed by atoms with E-state index in [1.54, 1.807) is 18.1 Å². The lowest BCUT2D eigenvalue weighted by Crippen LogP contribution is -2.32. The number of nitrogens with zero attached hydrogens (tertiary/aromatic N) is 1. The highest BCUT2D eigenvalue weighted by Gasteiger charge is 2.43. The van der Waals surface area contributed by atoms with Crippen LogP contribution in [-0.4, -0.2) is 44.3 Å². The lowest BCUT2D eigenvalue weighted by molar-refractivity contribution is 0.0663. The van der Waals surface area contributed by atoms with Crippen LogP contribution in [0.1, 0.15) is 65.5 Å². The Kier molecular flexibility index (Phi) is 7.45. The van der Waals surface area contributed by atoms with Crippen molar-refractivity contribution in [3.63, 3.8) is 0 Å². The third-order valence-corrected chi connectivity index (χ3v) is 6.29. The van der Waals surface area contributed by atoms with Crippen molar-refractivity contribution in [1.82, 2.24) is 4.90 Å². The van der Waals surface area contributed by atoms with Gasteiger partial charge in [-0.15, -0.1) is 0 Å². The molecule has 1 aliphatic rings. The summed E-state index contributed by atoms with van der Waals surface area (Å²) in [5.74, 6) is 1.01. The SMILES string of the molecule is CCCCOc1ccc(C2c3c(oc4cc(C)cc(C)c4c3=O)C(=O)N2CCOC)cc1OCC. The van der Waals surface area contributed by atoms with Crippen LogP contribution in [0.15, 0.2) is 39.5 Å². The molecule has 4 rings (SSSR count). The second kappa shape index (κ2) is 10.5. The van der Waals surface area contributed by atoms with E-state index in [-0.39, 0.29) is 17.1 Å². The Morgan fingerprint density at radius 2 is 1.80 bits per heavy atom. The molecule has 1 amide bonds. The van der Waals surface area contributed by atoms with Crippen LogP contribution in [0, 0.1) is 13.8 Å². The van der Waals surface area contributed by atoms with Crippen molar-refractivity contribution >= 4 is 16.9 Å². The van der Waals surface area contributed by atoms with E-state index < -0.39 is 6.04 Å². The number of aryl methyl sites for hydroxylation is 2. The standard InChI is InChI=1S/C28H33NO6/c1-6-8-12-34-20-10-9-19(16-21(20)33-7-2)25-24-26(30)23-18(4)14-17(3)15-22(23)35-27(24)28(31)29(25)11-13-32-5/h9-10,14-16,25H,6-8,11-13H2,1-5H3. The minimum Gasteiger partial charge on any atom is -0.490 e. The smallest absolute Gasteiger partial charge is 0.290 e. The zero-order valence-electron chi connectivity index (χ0n) is 21.1. The first-order valence-corrected chi connectivity index (χ1v) is 12.2. The maximum absolute atomic E-state index is 13.8. The summed E-state index contributed by atoms with van der Waals surface area (Å²) < 4.78 is 23.2. The molecule has 2 heterocycles. The van der Waals surface area contributed by atoms with E-state index in [0.29, 0.717) is 54.4 Å². The topological polar surface area (TPSA) is 78.2 Å². The van der Waals surface area contributed by atoms with Crippen LogP contribution in [-0.2, 0) is 4.74 Å². The number of rotatable bonds is 10. The Balaban J connectivity index is 1.89. The summed E-state index contributed by atoms with van der Waals surface area (Å²) in [6, 6.07) is 8.75. The van der Waals surface area contributed by atoms with Crippen LogP contribution in [0.4, 0.5) is 0 Å². The summed E-state index contributed by atoms with van der Waals surface area (Å²) in [7, 11) is 1.59. The molecule has 0 bridgehead atoms. The van der Waals surface area contributed by atoms with Crippen molar-refractivity contribution in [3.8, 4) is 11.5 Å². The minimum atomic E-state index is -0.613. The normalized spacial score (nSPS) is 15.1. The molecule has 0 saturated carbocycles. The predicted octanol–water partition coefficient (Wildman–Crippen LogP) is 5.18. The largest absolute Gasteiger partial charge is 0.490 e. The van der Waals surface area contributed by atoms with Crippen molar-refractivity contribution in [2.24, 2.45) is 0 Å². The van der Waals surface area contributed by atoms with Gasteiger partial charge in [0.25, 0.3) is 5.91 Å². The number of ether oxygens (including phenoxy) is 3. The highest BCUT2D eigenvalue weighted by molar-refractivity contribution is 5.99. The summed E-state index contributed by atoms with van der Waals surface area (Å²) in [6.07, 6.45) is 1.97. The van der Waals surface area contributed by atoms with E-state index in [4.69, 9.17) is 18.6 Å². The molecule has 1 unspecified atom stereocenters. The first-order valence-electron chi connectivity index (χ1n) is 12.2. The molecule has 7 nitrogen and oxygen atoms in total. The highest BCUT2D eigenvalue weighted by Crippen LogP contribution is 2.41. The molecule has 0 aliphatic carbocycles. The van der Waals surface area contributed by atoms with E-state index in [1.807, 2.05) is 45.0 Å². The monoisotopic (exact) mass is 479 g/mol. The average molecular weight is 480 g/mol. The van der Waals surface area contributed by atoms with Gasteiger partial charge in [-0.2, -0.15) is 0 Å². The highest BCUT2D eigenvalue weighted by atomic mass is 16.5. The van der Waals surface area contributed by atoms with Crippen LogP contribution in [0.5, 0.6) is 11.5 Å². The number of methoxy groups -OCH3 is 1. The summed E-state index contributed by atoms with van der Waals surface area (Å²) in [5.41, 5.74) is 3.16. The van der Waals surface area contributed by atoms with Crippen molar-refractivity contribution < 1.29 is 23.4 Å². The van der Waals surface area contributed by atoms with Crippen LogP contribution in [0.3, 0.4) is 0 Å². The van der Waals surface area contributed by atoms with Gasteiger partial charge in [0.05, 0.1) is 36.8 Å². The van der Waals surface area contributed by atoms with E-state index >= 15 is 0 Å². The molecule has 1 atom stereocenters. The number of benzene rings is 2. The molecule has 0 radical (unpaired) electrons. The molecule has 0 N–H and O–H groups in total. The Morgan fingerprint density at radius 3 is 2.51 bits per heavy atom. The van der Waals surface area contributed by atoms with E-state index in [1.165, 1.54) is 0 Å². The fourth-order valence-electron chi connectivity index (χ4n) is 4.69. The van der Waals surface area contributed by atoms with Crippen LogP contribution < -0.4 is 14.9 Å². The van der Waals surface area contributed by atoms with Gasteiger partial charge in [0.15, 0.2) is 16.9 Å². The van der Waals surface area contributed by atoms with Crippen LogP contribution in [0.2, 0.25) is 0 Å². The summed E-state index contributed by atoms with van der Waals surface area (Å²) in [5, 5.41) is 0.505. The lowest BCUT2D eigenvalue weighted by Gasteiger charge is -2.25. The maximum atomic E-state index is 13.8. The summed E-state index contributed by atoms with van der Waals surface area (Å²) in [6.45, 7) is 9.55. The number of fused-ring (bicyclic) bond motifs is 2. The molecule has 2 aromatic carbocycles. The fourth-order valence-corrected chi connectivity index (χ4v) is 4.69. The van der Waals surface area contributed by atoms with Gasteiger partial charge in [0.1, 0.15) is 5.58 Å². The third-order valence-electron chi connectivity index (χ3n) is 6.29. The Morgan fingerprint density at radius 1 is 1.00 bits per heavy atom. The zero-order valence-corrected chi connectivity index (χ0v) is 21.1. The quantitative estimate of drug-likeness (QED) is 0.373. The average Bonchev–Trinajstić information content (AvgIpc) is 3.10. The molecule has 3 aromatic rings. The minimum absolute atomic E-state index is 0.0924. The van der Waals surface area contributed by atoms with Gasteiger partial charge in [0, 0.05) is 13.7 Å². The van der Waals surface area contributed by atoms with Gasteiger partial charge in [-0.25, -0.2) is 0 Å². The number of carbonyl (C=O) groups is 1. The van der Waals surface area contributed by atoms with Crippen molar-refractivity contribution in [3.05, 3.63) is 68.6 Å². The van der Waals surface area contributed by atoms with E-state index in [2.05, 4.69) is 6.92 Å². The molecular weight excluding hydrogens is 446 g/mol. The Bertz CT molecular complexity index is 1290. The van der Waals surface area contributed by atoms with Crippen molar-refractivity contribution in [2.75, 3.05) is 33.5 Å². The van der Waals surface area contributed by atoms with Crippen molar-refractivity contribution in [2.45, 2.75) is 46.6 Å². The molecule has 1 aliphatic heterocycles. The van der Waals surface area contributed by atoms with Gasteiger partial charge in [-0.05, 0) is 62.1 Å². The molecule has 0 spiro atoms. The fraction of sp³-hybridized carbons (Fsp3) is 0.429. The second-order valence-electron chi connectivity index (χ2n) is 8.86.